The summed E-state index contributed by atoms with van der Waals surface area (Å²) >= 11 is 0. The molecule has 0 amide bonds. The number of rotatable bonds is 8. The molecule has 0 bridgehead atoms. The van der Waals surface area contributed by atoms with Crippen molar-refractivity contribution in [1.82, 2.24) is 5.32 Å². The normalized spacial score (nSPS) is 21.3. The molecule has 0 radical (unpaired) electrons. The molecule has 0 spiro atoms. The van der Waals surface area contributed by atoms with E-state index in [0.717, 1.165) is 18.7 Å². The summed E-state index contributed by atoms with van der Waals surface area (Å²) in [4.78, 5) is 0. The summed E-state index contributed by atoms with van der Waals surface area (Å²) in [6.45, 7) is 5.43. The lowest BCUT2D eigenvalue weighted by atomic mass is 10.0. The molecule has 1 N–H and O–H groups in total. The molecular formula is C14H29NOS. The number of hydrogen-bond acceptors (Lipinski definition) is 2. The summed E-state index contributed by atoms with van der Waals surface area (Å²) < 4.78 is 12.1. The van der Waals surface area contributed by atoms with Crippen LogP contribution in [-0.4, -0.2) is 27.8 Å². The Morgan fingerprint density at radius 3 is 2.53 bits per heavy atom. The van der Waals surface area contributed by atoms with Crippen molar-refractivity contribution in [3.63, 3.8) is 0 Å². The van der Waals surface area contributed by atoms with Gasteiger partial charge < -0.3 is 5.32 Å². The topological polar surface area (TPSA) is 29.1 Å². The molecule has 2 nitrogen and oxygen atoms in total. The van der Waals surface area contributed by atoms with Gasteiger partial charge in [-0.15, -0.1) is 0 Å². The molecular weight excluding hydrogens is 230 g/mol. The highest BCUT2D eigenvalue weighted by atomic mass is 32.2. The van der Waals surface area contributed by atoms with Gasteiger partial charge in [-0.1, -0.05) is 33.1 Å². The first kappa shape index (κ1) is 15.2. The quantitative estimate of drug-likeness (QED) is 0.725. The van der Waals surface area contributed by atoms with Crippen LogP contribution in [0, 0.1) is 0 Å². The maximum atomic E-state index is 12.1. The van der Waals surface area contributed by atoms with Gasteiger partial charge >= 0.3 is 0 Å². The summed E-state index contributed by atoms with van der Waals surface area (Å²) in [6.07, 6.45) is 9.85. The van der Waals surface area contributed by atoms with E-state index in [1.807, 2.05) is 0 Å². The van der Waals surface area contributed by atoms with E-state index in [2.05, 4.69) is 19.2 Å². The molecule has 0 aliphatic heterocycles. The van der Waals surface area contributed by atoms with E-state index in [1.165, 1.54) is 44.9 Å². The van der Waals surface area contributed by atoms with Crippen LogP contribution in [0.15, 0.2) is 0 Å². The molecule has 1 saturated carbocycles. The van der Waals surface area contributed by atoms with Crippen molar-refractivity contribution in [2.75, 3.05) is 12.3 Å². The second kappa shape index (κ2) is 9.09. The average molecular weight is 259 g/mol. The summed E-state index contributed by atoms with van der Waals surface area (Å²) in [5.74, 6) is 0.923. The Kier molecular flexibility index (Phi) is 8.12. The van der Waals surface area contributed by atoms with Crippen LogP contribution in [0.5, 0.6) is 0 Å². The van der Waals surface area contributed by atoms with Crippen LogP contribution in [0.25, 0.3) is 0 Å². The van der Waals surface area contributed by atoms with Crippen LogP contribution in [0.1, 0.15) is 65.2 Å². The van der Waals surface area contributed by atoms with Crippen LogP contribution in [0.4, 0.5) is 0 Å². The van der Waals surface area contributed by atoms with Crippen LogP contribution in [0.2, 0.25) is 0 Å². The largest absolute Gasteiger partial charge is 0.314 e. The molecule has 2 atom stereocenters. The molecule has 0 saturated heterocycles. The SMILES string of the molecule is CCNC(CC)CCCS(=O)C1CCCCC1. The fourth-order valence-corrected chi connectivity index (χ4v) is 4.35. The first-order valence-electron chi connectivity index (χ1n) is 7.38. The third kappa shape index (κ3) is 6.01. The van der Waals surface area contributed by atoms with Crippen molar-refractivity contribution in [3.8, 4) is 0 Å². The standard InChI is InChI=1S/C14H29NOS/c1-3-13(15-4-2)9-8-12-17(16)14-10-6-5-7-11-14/h13-15H,3-12H2,1-2H3. The maximum Gasteiger partial charge on any atom is 0.0348 e. The van der Waals surface area contributed by atoms with Gasteiger partial charge in [-0.05, 0) is 38.6 Å². The second-order valence-corrected chi connectivity index (χ2v) is 6.99. The molecule has 0 heterocycles. The van der Waals surface area contributed by atoms with Crippen LogP contribution >= 0.6 is 0 Å². The van der Waals surface area contributed by atoms with Gasteiger partial charge in [0, 0.05) is 27.8 Å². The first-order chi connectivity index (χ1) is 8.27. The molecule has 0 aromatic rings. The lowest BCUT2D eigenvalue weighted by Crippen LogP contribution is -2.29. The number of hydrogen-bond donors (Lipinski definition) is 1. The van der Waals surface area contributed by atoms with Crippen LogP contribution in [-0.2, 0) is 10.8 Å². The fraction of sp³-hybridized carbons (Fsp3) is 1.00. The van der Waals surface area contributed by atoms with Crippen molar-refractivity contribution < 1.29 is 4.21 Å². The van der Waals surface area contributed by atoms with Gasteiger partial charge in [0.25, 0.3) is 0 Å². The molecule has 1 aliphatic rings. The molecule has 3 heteroatoms. The van der Waals surface area contributed by atoms with E-state index in [1.54, 1.807) is 0 Å². The molecule has 17 heavy (non-hydrogen) atoms. The van der Waals surface area contributed by atoms with Crippen molar-refractivity contribution in [3.05, 3.63) is 0 Å². The summed E-state index contributed by atoms with van der Waals surface area (Å²) in [7, 11) is -0.557. The Morgan fingerprint density at radius 1 is 1.24 bits per heavy atom. The smallest absolute Gasteiger partial charge is 0.0348 e. The van der Waals surface area contributed by atoms with Gasteiger partial charge in [0.05, 0.1) is 0 Å². The molecule has 0 aromatic heterocycles. The minimum atomic E-state index is -0.557. The Hall–Kier alpha value is 0.110. The summed E-state index contributed by atoms with van der Waals surface area (Å²) in [6, 6.07) is 0.628. The Morgan fingerprint density at radius 2 is 1.94 bits per heavy atom. The maximum absolute atomic E-state index is 12.1. The van der Waals surface area contributed by atoms with Gasteiger partial charge in [-0.2, -0.15) is 0 Å². The van der Waals surface area contributed by atoms with Crippen molar-refractivity contribution in [2.45, 2.75) is 76.5 Å². The van der Waals surface area contributed by atoms with E-state index in [9.17, 15) is 4.21 Å². The summed E-state index contributed by atoms with van der Waals surface area (Å²) in [5, 5.41) is 4.00. The molecule has 1 aliphatic carbocycles. The Bertz CT molecular complexity index is 214. The van der Waals surface area contributed by atoms with Gasteiger partial charge in [0.2, 0.25) is 0 Å². The highest BCUT2D eigenvalue weighted by Gasteiger charge is 2.19. The molecule has 1 rings (SSSR count). The Balaban J connectivity index is 2.14. The van der Waals surface area contributed by atoms with Crippen LogP contribution in [0.3, 0.4) is 0 Å². The second-order valence-electron chi connectivity index (χ2n) is 5.15. The zero-order chi connectivity index (χ0) is 12.5. The van der Waals surface area contributed by atoms with Crippen molar-refractivity contribution >= 4 is 10.8 Å². The van der Waals surface area contributed by atoms with Gasteiger partial charge in [0.15, 0.2) is 0 Å². The highest BCUT2D eigenvalue weighted by molar-refractivity contribution is 7.85. The van der Waals surface area contributed by atoms with Crippen molar-refractivity contribution in [2.24, 2.45) is 0 Å². The molecule has 0 aromatic carbocycles. The van der Waals surface area contributed by atoms with Gasteiger partial charge in [-0.3, -0.25) is 4.21 Å². The average Bonchev–Trinajstić information content (AvgIpc) is 2.38. The highest BCUT2D eigenvalue weighted by Crippen LogP contribution is 2.22. The van der Waals surface area contributed by atoms with Gasteiger partial charge in [0.1, 0.15) is 0 Å². The lowest BCUT2D eigenvalue weighted by molar-refractivity contribution is 0.474. The minimum Gasteiger partial charge on any atom is -0.314 e. The lowest BCUT2D eigenvalue weighted by Gasteiger charge is -2.21. The Labute approximate surface area is 109 Å². The van der Waals surface area contributed by atoms with E-state index >= 15 is 0 Å². The fourth-order valence-electron chi connectivity index (χ4n) is 2.71. The number of nitrogens with one attached hydrogen (secondary N) is 1. The third-order valence-corrected chi connectivity index (χ3v) is 5.71. The van der Waals surface area contributed by atoms with E-state index in [0.29, 0.717) is 11.3 Å². The third-order valence-electron chi connectivity index (χ3n) is 3.81. The molecule has 2 unspecified atom stereocenters. The molecule has 102 valence electrons. The predicted molar refractivity (Wildman–Crippen MR) is 76.9 cm³/mol. The molecule has 1 fully saturated rings. The zero-order valence-corrected chi connectivity index (χ0v) is 12.4. The zero-order valence-electron chi connectivity index (χ0n) is 11.5. The van der Waals surface area contributed by atoms with Crippen molar-refractivity contribution in [1.29, 1.82) is 0 Å². The van der Waals surface area contributed by atoms with E-state index in [4.69, 9.17) is 0 Å². The van der Waals surface area contributed by atoms with Crippen LogP contribution < -0.4 is 5.32 Å². The van der Waals surface area contributed by atoms with Gasteiger partial charge in [-0.25, -0.2) is 0 Å². The monoisotopic (exact) mass is 259 g/mol. The summed E-state index contributed by atoms with van der Waals surface area (Å²) in [5.41, 5.74) is 0. The first-order valence-corrected chi connectivity index (χ1v) is 8.76. The van der Waals surface area contributed by atoms with E-state index in [-0.39, 0.29) is 0 Å². The van der Waals surface area contributed by atoms with E-state index < -0.39 is 10.8 Å². The minimum absolute atomic E-state index is 0.517. The predicted octanol–water partition coefficient (Wildman–Crippen LogP) is 3.24.